The predicted molar refractivity (Wildman–Crippen MR) is 90.3 cm³/mol. The fourth-order valence-corrected chi connectivity index (χ4v) is 3.11. The van der Waals surface area contributed by atoms with Crippen LogP contribution in [0.1, 0.15) is 60.3 Å². The molecule has 0 bridgehead atoms. The number of piperidine rings is 2. The minimum Gasteiger partial charge on any atom is -0.342 e. The monoisotopic (exact) mass is 296 g/mol. The van der Waals surface area contributed by atoms with Gasteiger partial charge >= 0.3 is 0 Å². The van der Waals surface area contributed by atoms with Gasteiger partial charge in [0.2, 0.25) is 5.91 Å². The second kappa shape index (κ2) is 8.17. The van der Waals surface area contributed by atoms with E-state index in [0.717, 1.165) is 25.4 Å². The topological polar surface area (TPSA) is 23.6 Å². The number of hydrogen-bond donors (Lipinski definition) is 0. The Balaban J connectivity index is 0.000000235. The van der Waals surface area contributed by atoms with Crippen LogP contribution >= 0.6 is 0 Å². The maximum Gasteiger partial charge on any atom is 0.225 e. The third-order valence-corrected chi connectivity index (χ3v) is 4.71. The van der Waals surface area contributed by atoms with Crippen molar-refractivity contribution in [3.8, 4) is 0 Å². The van der Waals surface area contributed by atoms with Crippen LogP contribution in [0, 0.1) is 17.3 Å². The zero-order chi connectivity index (χ0) is 16.0. The molecule has 0 spiro atoms. The first kappa shape index (κ1) is 18.5. The summed E-state index contributed by atoms with van der Waals surface area (Å²) in [6.07, 6.45) is 5.20. The summed E-state index contributed by atoms with van der Waals surface area (Å²) in [5.74, 6) is 1.44. The standard InChI is InChI=1S/C11H21NO.C7H15N/c1-9(2)10(13)12-7-5-6-11(3,4)8-12;1-7-3-5-8(2)6-4-7/h9H,5-8H2,1-4H3;7H,3-6H2,1-2H3. The minimum absolute atomic E-state index is 0.147. The van der Waals surface area contributed by atoms with E-state index < -0.39 is 0 Å². The summed E-state index contributed by atoms with van der Waals surface area (Å²) < 4.78 is 0. The molecule has 2 aliphatic rings. The normalized spacial score (nSPS) is 23.7. The molecule has 2 rings (SSSR count). The number of rotatable bonds is 1. The van der Waals surface area contributed by atoms with Gasteiger partial charge in [0.1, 0.15) is 0 Å². The van der Waals surface area contributed by atoms with Crippen LogP contribution in [-0.4, -0.2) is 48.9 Å². The van der Waals surface area contributed by atoms with E-state index in [0.29, 0.717) is 11.3 Å². The Kier molecular flexibility index (Phi) is 7.19. The van der Waals surface area contributed by atoms with Crippen molar-refractivity contribution in [3.05, 3.63) is 0 Å². The number of hydrogen-bond acceptors (Lipinski definition) is 2. The lowest BCUT2D eigenvalue weighted by Gasteiger charge is -2.38. The van der Waals surface area contributed by atoms with Gasteiger partial charge in [0.25, 0.3) is 0 Å². The van der Waals surface area contributed by atoms with Crippen molar-refractivity contribution >= 4 is 5.91 Å². The highest BCUT2D eigenvalue weighted by molar-refractivity contribution is 5.78. The fourth-order valence-electron chi connectivity index (χ4n) is 3.11. The molecule has 3 heteroatoms. The van der Waals surface area contributed by atoms with Crippen LogP contribution in [0.15, 0.2) is 0 Å². The summed E-state index contributed by atoms with van der Waals surface area (Å²) in [6.45, 7) is 15.3. The third-order valence-electron chi connectivity index (χ3n) is 4.71. The molecule has 0 saturated carbocycles. The first-order valence-electron chi connectivity index (χ1n) is 8.68. The molecule has 0 unspecified atom stereocenters. The molecule has 2 fully saturated rings. The Labute approximate surface area is 132 Å². The maximum atomic E-state index is 11.7. The van der Waals surface area contributed by atoms with E-state index in [1.165, 1.54) is 32.4 Å². The van der Waals surface area contributed by atoms with Gasteiger partial charge in [-0.2, -0.15) is 0 Å². The Morgan fingerprint density at radius 1 is 1.14 bits per heavy atom. The highest BCUT2D eigenvalue weighted by atomic mass is 16.2. The average molecular weight is 296 g/mol. The largest absolute Gasteiger partial charge is 0.342 e. The highest BCUT2D eigenvalue weighted by Gasteiger charge is 2.29. The molecule has 1 amide bonds. The predicted octanol–water partition coefficient (Wildman–Crippen LogP) is 3.64. The molecule has 2 heterocycles. The second-order valence-electron chi connectivity index (χ2n) is 8.17. The zero-order valence-electron chi connectivity index (χ0n) is 15.1. The molecule has 124 valence electrons. The number of carbonyl (C=O) groups is 1. The van der Waals surface area contributed by atoms with Crippen LogP contribution in [-0.2, 0) is 4.79 Å². The molecule has 0 aromatic carbocycles. The Morgan fingerprint density at radius 2 is 1.71 bits per heavy atom. The Hall–Kier alpha value is -0.570. The van der Waals surface area contributed by atoms with Gasteiger partial charge < -0.3 is 9.80 Å². The first-order valence-corrected chi connectivity index (χ1v) is 8.68. The lowest BCUT2D eigenvalue weighted by molar-refractivity contribution is -0.137. The van der Waals surface area contributed by atoms with E-state index in [1.807, 2.05) is 18.7 Å². The number of carbonyl (C=O) groups excluding carboxylic acids is 1. The molecule has 0 N–H and O–H groups in total. The Bertz CT molecular complexity index is 307. The lowest BCUT2D eigenvalue weighted by Crippen LogP contribution is -2.45. The van der Waals surface area contributed by atoms with Crippen molar-refractivity contribution in [1.82, 2.24) is 9.80 Å². The van der Waals surface area contributed by atoms with Crippen molar-refractivity contribution in [2.24, 2.45) is 17.3 Å². The number of nitrogens with zero attached hydrogens (tertiary/aromatic N) is 2. The van der Waals surface area contributed by atoms with Crippen LogP contribution in [0.2, 0.25) is 0 Å². The van der Waals surface area contributed by atoms with Crippen LogP contribution in [0.4, 0.5) is 0 Å². The average Bonchev–Trinajstić information content (AvgIpc) is 2.41. The van der Waals surface area contributed by atoms with Crippen molar-refractivity contribution in [3.63, 3.8) is 0 Å². The van der Waals surface area contributed by atoms with E-state index >= 15 is 0 Å². The molecular formula is C18H36N2O. The molecule has 3 nitrogen and oxygen atoms in total. The molecule has 0 radical (unpaired) electrons. The fraction of sp³-hybridized carbons (Fsp3) is 0.944. The molecule has 0 aromatic rings. The van der Waals surface area contributed by atoms with Gasteiger partial charge in [0.15, 0.2) is 0 Å². The molecule has 0 aromatic heterocycles. The minimum atomic E-state index is 0.147. The van der Waals surface area contributed by atoms with E-state index in [-0.39, 0.29) is 5.92 Å². The Morgan fingerprint density at radius 3 is 2.14 bits per heavy atom. The number of likely N-dealkylation sites (tertiary alicyclic amines) is 2. The smallest absolute Gasteiger partial charge is 0.225 e. The van der Waals surface area contributed by atoms with Crippen molar-refractivity contribution in [1.29, 1.82) is 0 Å². The van der Waals surface area contributed by atoms with E-state index in [1.54, 1.807) is 0 Å². The summed E-state index contributed by atoms with van der Waals surface area (Å²) in [5, 5.41) is 0. The highest BCUT2D eigenvalue weighted by Crippen LogP contribution is 2.28. The van der Waals surface area contributed by atoms with Gasteiger partial charge in [-0.3, -0.25) is 4.79 Å². The first-order chi connectivity index (χ1) is 9.71. The van der Waals surface area contributed by atoms with Crippen molar-refractivity contribution < 1.29 is 4.79 Å². The summed E-state index contributed by atoms with van der Waals surface area (Å²) in [4.78, 5) is 16.1. The van der Waals surface area contributed by atoms with E-state index in [2.05, 4.69) is 32.7 Å². The van der Waals surface area contributed by atoms with Crippen LogP contribution in [0.5, 0.6) is 0 Å². The van der Waals surface area contributed by atoms with E-state index in [9.17, 15) is 4.79 Å². The molecular weight excluding hydrogens is 260 g/mol. The third kappa shape index (κ3) is 6.82. The van der Waals surface area contributed by atoms with Crippen LogP contribution in [0.3, 0.4) is 0 Å². The van der Waals surface area contributed by atoms with Gasteiger partial charge in [-0.1, -0.05) is 34.6 Å². The van der Waals surface area contributed by atoms with Crippen molar-refractivity contribution in [2.75, 3.05) is 33.2 Å². The number of amides is 1. The summed E-state index contributed by atoms with van der Waals surface area (Å²) in [5.41, 5.74) is 0.322. The molecule has 2 saturated heterocycles. The van der Waals surface area contributed by atoms with Crippen molar-refractivity contribution in [2.45, 2.75) is 60.3 Å². The van der Waals surface area contributed by atoms with Gasteiger partial charge in [-0.05, 0) is 57.2 Å². The van der Waals surface area contributed by atoms with Crippen LogP contribution < -0.4 is 0 Å². The molecule has 0 aliphatic carbocycles. The van der Waals surface area contributed by atoms with Gasteiger partial charge in [0.05, 0.1) is 0 Å². The molecule has 2 aliphatic heterocycles. The van der Waals surface area contributed by atoms with Gasteiger partial charge in [0, 0.05) is 19.0 Å². The molecule has 21 heavy (non-hydrogen) atoms. The van der Waals surface area contributed by atoms with Crippen LogP contribution in [0.25, 0.3) is 0 Å². The van der Waals surface area contributed by atoms with Gasteiger partial charge in [-0.25, -0.2) is 0 Å². The second-order valence-corrected chi connectivity index (χ2v) is 8.17. The SMILES string of the molecule is CC(C)C(=O)N1CCCC(C)(C)C1.CC1CCN(C)CC1. The summed E-state index contributed by atoms with van der Waals surface area (Å²) in [7, 11) is 2.20. The lowest BCUT2D eigenvalue weighted by atomic mass is 9.84. The quantitative estimate of drug-likeness (QED) is 0.737. The summed E-state index contributed by atoms with van der Waals surface area (Å²) in [6, 6.07) is 0. The zero-order valence-corrected chi connectivity index (χ0v) is 15.1. The maximum absolute atomic E-state index is 11.7. The van der Waals surface area contributed by atoms with E-state index in [4.69, 9.17) is 0 Å². The molecule has 0 atom stereocenters. The summed E-state index contributed by atoms with van der Waals surface area (Å²) >= 11 is 0. The van der Waals surface area contributed by atoms with Gasteiger partial charge in [-0.15, -0.1) is 0 Å².